The van der Waals surface area contributed by atoms with Gasteiger partial charge in [0.15, 0.2) is 6.29 Å². The lowest BCUT2D eigenvalue weighted by Gasteiger charge is -2.09. The molecule has 3 nitrogen and oxygen atoms in total. The van der Waals surface area contributed by atoms with Gasteiger partial charge in [0.1, 0.15) is 12.4 Å². The van der Waals surface area contributed by atoms with Crippen LogP contribution in [0.5, 0.6) is 5.75 Å². The maximum Gasteiger partial charge on any atom is 0.157 e. The van der Waals surface area contributed by atoms with Gasteiger partial charge >= 0.3 is 0 Å². The molecule has 0 bridgehead atoms. The summed E-state index contributed by atoms with van der Waals surface area (Å²) in [6.45, 7) is 3.76. The first-order valence-corrected chi connectivity index (χ1v) is 4.27. The van der Waals surface area contributed by atoms with Gasteiger partial charge in [0.25, 0.3) is 0 Å². The fourth-order valence-corrected chi connectivity index (χ4v) is 1.36. The molecule has 0 aliphatic heterocycles. The van der Waals surface area contributed by atoms with Crippen LogP contribution < -0.4 is 4.74 Å². The van der Waals surface area contributed by atoms with E-state index in [9.17, 15) is 4.79 Å². The second-order valence-corrected chi connectivity index (χ2v) is 3.03. The Balaban J connectivity index is 3.06. The predicted molar refractivity (Wildman–Crippen MR) is 52.2 cm³/mol. The summed E-state index contributed by atoms with van der Waals surface area (Å²) in [7, 11) is 0. The molecule has 1 rings (SSSR count). The van der Waals surface area contributed by atoms with Gasteiger partial charge in [-0.15, -0.1) is 0 Å². The molecular weight excluding hydrogens is 178 g/mol. The van der Waals surface area contributed by atoms with Crippen molar-refractivity contribution in [2.75, 3.05) is 6.61 Å². The Morgan fingerprint density at radius 2 is 2.00 bits per heavy atom. The van der Waals surface area contributed by atoms with Gasteiger partial charge < -0.3 is 4.74 Å². The van der Waals surface area contributed by atoms with Crippen molar-refractivity contribution in [3.8, 4) is 11.8 Å². The van der Waals surface area contributed by atoms with Gasteiger partial charge in [-0.3, -0.25) is 4.79 Å². The minimum atomic E-state index is 0.0492. The number of aryl methyl sites for hydroxylation is 2. The monoisotopic (exact) mass is 189 g/mol. The van der Waals surface area contributed by atoms with E-state index in [0.717, 1.165) is 11.1 Å². The number of ether oxygens (including phenoxy) is 1. The number of aldehydes is 1. The topological polar surface area (TPSA) is 50.1 Å². The van der Waals surface area contributed by atoms with Crippen LogP contribution in [0.2, 0.25) is 0 Å². The summed E-state index contributed by atoms with van der Waals surface area (Å²) in [5, 5.41) is 8.71. The fourth-order valence-electron chi connectivity index (χ4n) is 1.36. The molecular formula is C11H11NO2. The summed E-state index contributed by atoms with van der Waals surface area (Å²) in [6, 6.07) is 5.55. The zero-order valence-corrected chi connectivity index (χ0v) is 8.20. The number of carbonyl (C=O) groups excluding carboxylic acids is 1. The second kappa shape index (κ2) is 4.43. The molecule has 0 spiro atoms. The van der Waals surface area contributed by atoms with Crippen molar-refractivity contribution >= 4 is 6.29 Å². The van der Waals surface area contributed by atoms with Crippen molar-refractivity contribution in [1.82, 2.24) is 0 Å². The van der Waals surface area contributed by atoms with Crippen molar-refractivity contribution in [3.05, 3.63) is 28.8 Å². The molecule has 1 aromatic rings. The smallest absolute Gasteiger partial charge is 0.157 e. The summed E-state index contributed by atoms with van der Waals surface area (Å²) in [5.74, 6) is 0.691. The third-order valence-corrected chi connectivity index (χ3v) is 1.89. The largest absolute Gasteiger partial charge is 0.486 e. The number of hydrogen-bond acceptors (Lipinski definition) is 3. The van der Waals surface area contributed by atoms with Gasteiger partial charge in [0.05, 0.1) is 11.6 Å². The SMILES string of the molecule is Cc1cc(C#N)cc(C)c1OCC=O. The van der Waals surface area contributed by atoms with E-state index in [1.807, 2.05) is 13.8 Å². The number of nitriles is 1. The Morgan fingerprint density at radius 3 is 2.43 bits per heavy atom. The average Bonchev–Trinajstić information content (AvgIpc) is 2.16. The van der Waals surface area contributed by atoms with E-state index >= 15 is 0 Å². The second-order valence-electron chi connectivity index (χ2n) is 3.03. The Bertz CT molecular complexity index is 368. The maximum atomic E-state index is 10.1. The predicted octanol–water partition coefficient (Wildman–Crippen LogP) is 1.75. The summed E-state index contributed by atoms with van der Waals surface area (Å²) < 4.78 is 5.24. The molecule has 0 heterocycles. The molecule has 3 heteroatoms. The van der Waals surface area contributed by atoms with Crippen LogP contribution in [0.15, 0.2) is 12.1 Å². The summed E-state index contributed by atoms with van der Waals surface area (Å²) in [5.41, 5.74) is 2.37. The van der Waals surface area contributed by atoms with Gasteiger partial charge in [-0.25, -0.2) is 0 Å². The van der Waals surface area contributed by atoms with Crippen molar-refractivity contribution < 1.29 is 9.53 Å². The number of rotatable bonds is 3. The molecule has 0 N–H and O–H groups in total. The van der Waals surface area contributed by atoms with Crippen molar-refractivity contribution in [2.45, 2.75) is 13.8 Å². The Labute approximate surface area is 82.9 Å². The van der Waals surface area contributed by atoms with Crippen molar-refractivity contribution in [3.63, 3.8) is 0 Å². The average molecular weight is 189 g/mol. The van der Waals surface area contributed by atoms with Gasteiger partial charge in [0, 0.05) is 0 Å². The molecule has 0 fully saturated rings. The molecule has 0 amide bonds. The fraction of sp³-hybridized carbons (Fsp3) is 0.273. The molecule has 0 saturated heterocycles. The Hall–Kier alpha value is -1.82. The van der Waals surface area contributed by atoms with Crippen LogP contribution in [0.4, 0.5) is 0 Å². The molecule has 0 unspecified atom stereocenters. The third kappa shape index (κ3) is 2.11. The lowest BCUT2D eigenvalue weighted by molar-refractivity contribution is -0.109. The number of carbonyl (C=O) groups is 1. The van der Waals surface area contributed by atoms with Crippen LogP contribution in [-0.2, 0) is 4.79 Å². The normalized spacial score (nSPS) is 9.21. The van der Waals surface area contributed by atoms with Crippen LogP contribution in [0.1, 0.15) is 16.7 Å². The van der Waals surface area contributed by atoms with Crippen LogP contribution in [0.25, 0.3) is 0 Å². The molecule has 0 atom stereocenters. The van der Waals surface area contributed by atoms with E-state index in [2.05, 4.69) is 6.07 Å². The van der Waals surface area contributed by atoms with E-state index in [-0.39, 0.29) is 6.61 Å². The van der Waals surface area contributed by atoms with Crippen LogP contribution in [0, 0.1) is 25.2 Å². The highest BCUT2D eigenvalue weighted by atomic mass is 16.5. The summed E-state index contributed by atoms with van der Waals surface area (Å²) in [4.78, 5) is 10.1. The zero-order valence-electron chi connectivity index (χ0n) is 8.20. The molecule has 0 aliphatic rings. The molecule has 0 radical (unpaired) electrons. The van der Waals surface area contributed by atoms with Gasteiger partial charge in [-0.1, -0.05) is 0 Å². The molecule has 1 aromatic carbocycles. The lowest BCUT2D eigenvalue weighted by Crippen LogP contribution is -2.01. The molecule has 0 aromatic heterocycles. The van der Waals surface area contributed by atoms with E-state index < -0.39 is 0 Å². The molecule has 14 heavy (non-hydrogen) atoms. The van der Waals surface area contributed by atoms with Gasteiger partial charge in [-0.05, 0) is 37.1 Å². The van der Waals surface area contributed by atoms with Crippen molar-refractivity contribution in [2.24, 2.45) is 0 Å². The Morgan fingerprint density at radius 1 is 1.43 bits per heavy atom. The highest BCUT2D eigenvalue weighted by Crippen LogP contribution is 2.24. The van der Waals surface area contributed by atoms with E-state index in [1.54, 1.807) is 12.1 Å². The number of benzene rings is 1. The first-order chi connectivity index (χ1) is 6.69. The summed E-state index contributed by atoms with van der Waals surface area (Å²) in [6.07, 6.45) is 0.705. The van der Waals surface area contributed by atoms with Crippen LogP contribution in [0.3, 0.4) is 0 Å². The van der Waals surface area contributed by atoms with Crippen molar-refractivity contribution in [1.29, 1.82) is 5.26 Å². The minimum Gasteiger partial charge on any atom is -0.486 e. The van der Waals surface area contributed by atoms with Gasteiger partial charge in [-0.2, -0.15) is 5.26 Å². The van der Waals surface area contributed by atoms with Gasteiger partial charge in [0.2, 0.25) is 0 Å². The maximum absolute atomic E-state index is 10.1. The zero-order chi connectivity index (χ0) is 10.6. The minimum absolute atomic E-state index is 0.0492. The van der Waals surface area contributed by atoms with Crippen LogP contribution in [-0.4, -0.2) is 12.9 Å². The first kappa shape index (κ1) is 10.3. The van der Waals surface area contributed by atoms with E-state index in [4.69, 9.17) is 10.00 Å². The highest BCUT2D eigenvalue weighted by Gasteiger charge is 2.05. The third-order valence-electron chi connectivity index (χ3n) is 1.89. The highest BCUT2D eigenvalue weighted by molar-refractivity contribution is 5.53. The number of nitrogens with zero attached hydrogens (tertiary/aromatic N) is 1. The number of hydrogen-bond donors (Lipinski definition) is 0. The van der Waals surface area contributed by atoms with E-state index in [1.165, 1.54) is 0 Å². The molecule has 72 valence electrons. The molecule has 0 aliphatic carbocycles. The lowest BCUT2D eigenvalue weighted by atomic mass is 10.1. The Kier molecular flexibility index (Phi) is 3.24. The molecule has 0 saturated carbocycles. The summed E-state index contributed by atoms with van der Waals surface area (Å²) >= 11 is 0. The van der Waals surface area contributed by atoms with E-state index in [0.29, 0.717) is 17.6 Å². The quantitative estimate of drug-likeness (QED) is 0.680. The van der Waals surface area contributed by atoms with Crippen LogP contribution >= 0.6 is 0 Å². The standard InChI is InChI=1S/C11H11NO2/c1-8-5-10(7-12)6-9(2)11(8)14-4-3-13/h3,5-6H,4H2,1-2H3. The first-order valence-electron chi connectivity index (χ1n) is 4.27.